The number of ether oxygens (including phenoxy) is 1. The third-order valence-electron chi connectivity index (χ3n) is 4.56. The molecule has 20 heavy (non-hydrogen) atoms. The maximum absolute atomic E-state index is 10.8. The predicted molar refractivity (Wildman–Crippen MR) is 79.7 cm³/mol. The molecule has 2 aliphatic rings. The van der Waals surface area contributed by atoms with E-state index in [2.05, 4.69) is 13.0 Å². The van der Waals surface area contributed by atoms with Crippen LogP contribution < -0.4 is 0 Å². The summed E-state index contributed by atoms with van der Waals surface area (Å²) >= 11 is 0. The normalized spacial score (nSPS) is 30.2. The van der Waals surface area contributed by atoms with Crippen molar-refractivity contribution < 1.29 is 14.6 Å². The van der Waals surface area contributed by atoms with Gasteiger partial charge in [-0.15, -0.1) is 0 Å². The van der Waals surface area contributed by atoms with Crippen LogP contribution in [-0.4, -0.2) is 23.3 Å². The van der Waals surface area contributed by atoms with Crippen molar-refractivity contribution in [1.82, 2.24) is 0 Å². The first-order valence-corrected chi connectivity index (χ1v) is 8.28. The summed E-state index contributed by atoms with van der Waals surface area (Å²) < 4.78 is 5.68. The van der Waals surface area contributed by atoms with Gasteiger partial charge in [0.1, 0.15) is 6.10 Å². The van der Waals surface area contributed by atoms with Crippen LogP contribution in [0.5, 0.6) is 0 Å². The van der Waals surface area contributed by atoms with E-state index in [0.717, 1.165) is 19.3 Å². The van der Waals surface area contributed by atoms with E-state index in [4.69, 9.17) is 9.84 Å². The number of carboxylic acid groups (broad SMARTS) is 1. The SMILES string of the molecule is CCCCCCCC/C=C1\CC[C@H](CC(=O)O)[C@@H]2O[C@H]12. The molecule has 0 aromatic heterocycles. The lowest BCUT2D eigenvalue weighted by Gasteiger charge is -2.18. The van der Waals surface area contributed by atoms with Gasteiger partial charge in [0.25, 0.3) is 0 Å². The first kappa shape index (κ1) is 15.6. The summed E-state index contributed by atoms with van der Waals surface area (Å²) in [4.78, 5) is 10.8. The van der Waals surface area contributed by atoms with Crippen LogP contribution in [0.1, 0.15) is 71.1 Å². The summed E-state index contributed by atoms with van der Waals surface area (Å²) in [5.74, 6) is -0.451. The number of carboxylic acids is 1. The highest BCUT2D eigenvalue weighted by atomic mass is 16.6. The Hall–Kier alpha value is -0.830. The molecule has 1 saturated heterocycles. The second kappa shape index (κ2) is 7.82. The Bertz CT molecular complexity index is 348. The molecule has 2 rings (SSSR count). The van der Waals surface area contributed by atoms with Gasteiger partial charge in [-0.1, -0.05) is 45.1 Å². The fourth-order valence-corrected chi connectivity index (χ4v) is 3.31. The zero-order valence-electron chi connectivity index (χ0n) is 12.6. The van der Waals surface area contributed by atoms with Crippen molar-refractivity contribution in [2.75, 3.05) is 0 Å². The van der Waals surface area contributed by atoms with Crippen molar-refractivity contribution in [2.45, 2.75) is 83.3 Å². The Morgan fingerprint density at radius 2 is 2.05 bits per heavy atom. The van der Waals surface area contributed by atoms with E-state index in [1.54, 1.807) is 0 Å². The zero-order valence-corrected chi connectivity index (χ0v) is 12.6. The summed E-state index contributed by atoms with van der Waals surface area (Å²) in [6.45, 7) is 2.25. The third-order valence-corrected chi connectivity index (χ3v) is 4.56. The third kappa shape index (κ3) is 4.62. The van der Waals surface area contributed by atoms with E-state index in [9.17, 15) is 4.79 Å². The monoisotopic (exact) mass is 280 g/mol. The molecule has 3 atom stereocenters. The molecule has 1 saturated carbocycles. The lowest BCUT2D eigenvalue weighted by atomic mass is 9.83. The Kier molecular flexibility index (Phi) is 6.08. The Morgan fingerprint density at radius 3 is 2.80 bits per heavy atom. The van der Waals surface area contributed by atoms with Crippen LogP contribution in [0.15, 0.2) is 11.6 Å². The highest BCUT2D eigenvalue weighted by Gasteiger charge is 2.50. The first-order chi connectivity index (χ1) is 9.72. The van der Waals surface area contributed by atoms with Gasteiger partial charge >= 0.3 is 5.97 Å². The summed E-state index contributed by atoms with van der Waals surface area (Å²) in [7, 11) is 0. The summed E-state index contributed by atoms with van der Waals surface area (Å²) in [6, 6.07) is 0. The number of allylic oxidation sites excluding steroid dienone is 1. The number of hydrogen-bond donors (Lipinski definition) is 1. The summed E-state index contributed by atoms with van der Waals surface area (Å²) in [5, 5.41) is 8.86. The Labute approximate surface area is 122 Å². The van der Waals surface area contributed by atoms with E-state index in [0.29, 0.717) is 0 Å². The highest BCUT2D eigenvalue weighted by molar-refractivity contribution is 5.67. The average molecular weight is 280 g/mol. The Morgan fingerprint density at radius 1 is 1.30 bits per heavy atom. The molecule has 0 aromatic carbocycles. The van der Waals surface area contributed by atoms with Gasteiger partial charge in [-0.3, -0.25) is 4.79 Å². The fraction of sp³-hybridized carbons (Fsp3) is 0.824. The lowest BCUT2D eigenvalue weighted by Crippen LogP contribution is -2.21. The summed E-state index contributed by atoms with van der Waals surface area (Å²) in [6.07, 6.45) is 14.3. The van der Waals surface area contributed by atoms with E-state index in [-0.39, 0.29) is 24.5 Å². The molecule has 0 radical (unpaired) electrons. The van der Waals surface area contributed by atoms with Gasteiger partial charge in [-0.2, -0.15) is 0 Å². The van der Waals surface area contributed by atoms with Gasteiger partial charge in [-0.05, 0) is 37.2 Å². The van der Waals surface area contributed by atoms with Crippen molar-refractivity contribution in [3.05, 3.63) is 11.6 Å². The number of carbonyl (C=O) groups is 1. The second-order valence-electron chi connectivity index (χ2n) is 6.25. The standard InChI is InChI=1S/C17H28O3/c1-2-3-4-5-6-7-8-9-13-10-11-14(12-15(18)19)17-16(13)20-17/h9,14,16-17H,2-8,10-12H2,1H3,(H,18,19)/b13-9+/t14-,16-,17+/m1/s1. The minimum atomic E-state index is -0.691. The molecule has 0 bridgehead atoms. The molecule has 1 aliphatic heterocycles. The molecule has 0 amide bonds. The van der Waals surface area contributed by atoms with Gasteiger partial charge in [-0.25, -0.2) is 0 Å². The maximum Gasteiger partial charge on any atom is 0.303 e. The van der Waals surface area contributed by atoms with Gasteiger partial charge in [0.05, 0.1) is 12.5 Å². The number of fused-ring (bicyclic) bond motifs is 1. The number of epoxide rings is 1. The van der Waals surface area contributed by atoms with Crippen LogP contribution in [0, 0.1) is 5.92 Å². The first-order valence-electron chi connectivity index (χ1n) is 8.28. The molecule has 1 aliphatic carbocycles. The van der Waals surface area contributed by atoms with E-state index in [1.807, 2.05) is 0 Å². The molecule has 0 unspecified atom stereocenters. The van der Waals surface area contributed by atoms with Gasteiger partial charge in [0.15, 0.2) is 0 Å². The molecule has 0 spiro atoms. The molecule has 2 fully saturated rings. The topological polar surface area (TPSA) is 49.8 Å². The van der Waals surface area contributed by atoms with Crippen molar-refractivity contribution in [1.29, 1.82) is 0 Å². The zero-order chi connectivity index (χ0) is 14.4. The van der Waals surface area contributed by atoms with Crippen LogP contribution >= 0.6 is 0 Å². The van der Waals surface area contributed by atoms with Gasteiger partial charge in [0.2, 0.25) is 0 Å². The van der Waals surface area contributed by atoms with Crippen LogP contribution in [-0.2, 0) is 9.53 Å². The fourth-order valence-electron chi connectivity index (χ4n) is 3.31. The smallest absolute Gasteiger partial charge is 0.303 e. The van der Waals surface area contributed by atoms with Gasteiger partial charge in [0, 0.05) is 0 Å². The summed E-state index contributed by atoms with van der Waals surface area (Å²) in [5.41, 5.74) is 1.44. The van der Waals surface area contributed by atoms with E-state index < -0.39 is 5.97 Å². The van der Waals surface area contributed by atoms with Crippen molar-refractivity contribution >= 4 is 5.97 Å². The second-order valence-corrected chi connectivity index (χ2v) is 6.25. The molecule has 1 N–H and O–H groups in total. The van der Waals surface area contributed by atoms with Crippen LogP contribution in [0.2, 0.25) is 0 Å². The molecule has 0 aromatic rings. The van der Waals surface area contributed by atoms with Crippen LogP contribution in [0.25, 0.3) is 0 Å². The molecular weight excluding hydrogens is 252 g/mol. The average Bonchev–Trinajstić information content (AvgIpc) is 3.20. The quantitative estimate of drug-likeness (QED) is 0.389. The molecule has 114 valence electrons. The molecule has 3 heteroatoms. The minimum Gasteiger partial charge on any atom is -0.481 e. The molecule has 3 nitrogen and oxygen atoms in total. The molecule has 1 heterocycles. The highest BCUT2D eigenvalue weighted by Crippen LogP contribution is 2.45. The Balaban J connectivity index is 1.61. The lowest BCUT2D eigenvalue weighted by molar-refractivity contribution is -0.138. The van der Waals surface area contributed by atoms with E-state index in [1.165, 1.54) is 44.1 Å². The van der Waals surface area contributed by atoms with Gasteiger partial charge < -0.3 is 9.84 Å². The number of hydrogen-bond acceptors (Lipinski definition) is 2. The van der Waals surface area contributed by atoms with Crippen LogP contribution in [0.3, 0.4) is 0 Å². The number of aliphatic carboxylic acids is 1. The van der Waals surface area contributed by atoms with Crippen molar-refractivity contribution in [3.63, 3.8) is 0 Å². The number of rotatable bonds is 9. The predicted octanol–water partition coefficient (Wildman–Crippen LogP) is 4.32. The van der Waals surface area contributed by atoms with Crippen LogP contribution in [0.4, 0.5) is 0 Å². The molecular formula is C17H28O3. The van der Waals surface area contributed by atoms with E-state index >= 15 is 0 Å². The minimum absolute atomic E-state index is 0.204. The maximum atomic E-state index is 10.8. The number of unbranched alkanes of at least 4 members (excludes halogenated alkanes) is 6. The largest absolute Gasteiger partial charge is 0.481 e. The van der Waals surface area contributed by atoms with Crippen molar-refractivity contribution in [2.24, 2.45) is 5.92 Å². The van der Waals surface area contributed by atoms with Crippen molar-refractivity contribution in [3.8, 4) is 0 Å².